The van der Waals surface area contributed by atoms with Crippen molar-refractivity contribution in [3.05, 3.63) is 82.2 Å². The lowest BCUT2D eigenvalue weighted by atomic mass is 10.00. The zero-order valence-corrected chi connectivity index (χ0v) is 15.2. The van der Waals surface area contributed by atoms with Gasteiger partial charge in [0.25, 0.3) is 5.56 Å². The van der Waals surface area contributed by atoms with Gasteiger partial charge in [0.05, 0.1) is 29.8 Å². The fraction of sp³-hybridized carbons (Fsp3) is 0.250. The Kier molecular flexibility index (Phi) is 4.36. The summed E-state index contributed by atoms with van der Waals surface area (Å²) in [6.07, 6.45) is 3.68. The highest BCUT2D eigenvalue weighted by atomic mass is 19.1. The summed E-state index contributed by atoms with van der Waals surface area (Å²) in [5.74, 6) is 0.510. The van der Waals surface area contributed by atoms with Crippen molar-refractivity contribution >= 4 is 10.9 Å². The molecule has 29 heavy (non-hydrogen) atoms. The molecule has 3 aromatic heterocycles. The van der Waals surface area contributed by atoms with Gasteiger partial charge < -0.3 is 9.26 Å². The van der Waals surface area contributed by atoms with E-state index in [1.807, 2.05) is 0 Å². The predicted octanol–water partition coefficient (Wildman–Crippen LogP) is 2.61. The molecular weight excluding hydrogens is 377 g/mol. The third-order valence-electron chi connectivity index (χ3n) is 5.00. The van der Waals surface area contributed by atoms with Crippen LogP contribution in [-0.2, 0) is 11.3 Å². The second-order valence-electron chi connectivity index (χ2n) is 6.90. The molecule has 1 aliphatic heterocycles. The molecule has 0 amide bonds. The van der Waals surface area contributed by atoms with Gasteiger partial charge in [0.2, 0.25) is 5.89 Å². The minimum Gasteiger partial charge on any atom is -0.373 e. The minimum atomic E-state index is -0.278. The van der Waals surface area contributed by atoms with E-state index in [0.29, 0.717) is 35.6 Å². The normalized spacial score (nSPS) is 19.1. The van der Waals surface area contributed by atoms with E-state index in [1.54, 1.807) is 30.5 Å². The summed E-state index contributed by atoms with van der Waals surface area (Å²) in [6.45, 7) is 0.520. The third kappa shape index (κ3) is 3.40. The van der Waals surface area contributed by atoms with Crippen molar-refractivity contribution in [2.75, 3.05) is 6.61 Å². The molecule has 0 saturated carbocycles. The number of rotatable bonds is 4. The monoisotopic (exact) mass is 393 g/mol. The minimum absolute atomic E-state index is 0.0342. The molecule has 1 aromatic carbocycles. The summed E-state index contributed by atoms with van der Waals surface area (Å²) in [6, 6.07) is 9.68. The van der Waals surface area contributed by atoms with Gasteiger partial charge in [-0.05, 0) is 36.2 Å². The zero-order chi connectivity index (χ0) is 19.8. The number of halogens is 1. The van der Waals surface area contributed by atoms with Crippen LogP contribution in [0.25, 0.3) is 10.9 Å². The highest BCUT2D eigenvalue weighted by Gasteiger charge is 2.31. The molecule has 0 unspecified atom stereocenters. The number of fused-ring (bicyclic) bond motifs is 1. The van der Waals surface area contributed by atoms with E-state index in [0.717, 1.165) is 5.56 Å². The van der Waals surface area contributed by atoms with E-state index in [1.165, 1.54) is 23.0 Å². The van der Waals surface area contributed by atoms with Crippen molar-refractivity contribution < 1.29 is 13.7 Å². The van der Waals surface area contributed by atoms with Crippen LogP contribution < -0.4 is 5.56 Å². The molecule has 1 aliphatic rings. The van der Waals surface area contributed by atoms with E-state index in [9.17, 15) is 9.18 Å². The number of nitrogens with zero attached hydrogens (tertiary/aromatic N) is 5. The number of aromatic nitrogens is 5. The molecule has 0 aliphatic carbocycles. The molecule has 8 nitrogen and oxygen atoms in total. The van der Waals surface area contributed by atoms with Crippen molar-refractivity contribution in [3.63, 3.8) is 0 Å². The molecular formula is C20H16FN5O3. The second kappa shape index (κ2) is 7.17. The van der Waals surface area contributed by atoms with Gasteiger partial charge in [0, 0.05) is 12.1 Å². The summed E-state index contributed by atoms with van der Waals surface area (Å²) >= 11 is 0. The zero-order valence-electron chi connectivity index (χ0n) is 15.2. The standard InChI is InChI=1S/C20H16FN5O3/c21-14-5-3-12(4-6-14)17-8-13(11-28-17)19-24-18(29-25-19)10-26-20(27)15-2-1-7-22-16(15)9-23-26/h1-7,9,13,17H,8,10-11H2/t13-,17+/m0/s1. The van der Waals surface area contributed by atoms with Crippen LogP contribution in [0.2, 0.25) is 0 Å². The molecule has 0 spiro atoms. The van der Waals surface area contributed by atoms with Crippen molar-refractivity contribution in [1.29, 1.82) is 0 Å². The summed E-state index contributed by atoms with van der Waals surface area (Å²) < 4.78 is 25.5. The lowest BCUT2D eigenvalue weighted by Gasteiger charge is -2.08. The Hall–Kier alpha value is -3.46. The molecule has 4 aromatic rings. The smallest absolute Gasteiger partial charge is 0.276 e. The summed E-state index contributed by atoms with van der Waals surface area (Å²) in [7, 11) is 0. The first-order chi connectivity index (χ1) is 14.2. The number of hydrogen-bond acceptors (Lipinski definition) is 7. The SMILES string of the molecule is O=c1c2cccnc2cnn1Cc1nc([C@@H]2CO[C@@H](c3ccc(F)cc3)C2)no1. The van der Waals surface area contributed by atoms with E-state index in [2.05, 4.69) is 20.2 Å². The van der Waals surface area contributed by atoms with Gasteiger partial charge in [-0.3, -0.25) is 9.78 Å². The van der Waals surface area contributed by atoms with Crippen LogP contribution in [0.5, 0.6) is 0 Å². The molecule has 5 rings (SSSR count). The largest absolute Gasteiger partial charge is 0.373 e. The van der Waals surface area contributed by atoms with Gasteiger partial charge in [0.15, 0.2) is 5.82 Å². The molecule has 2 atom stereocenters. The lowest BCUT2D eigenvalue weighted by Crippen LogP contribution is -2.23. The quantitative estimate of drug-likeness (QED) is 0.526. The molecule has 4 heterocycles. The third-order valence-corrected chi connectivity index (χ3v) is 5.00. The van der Waals surface area contributed by atoms with Crippen molar-refractivity contribution in [3.8, 4) is 0 Å². The fourth-order valence-electron chi connectivity index (χ4n) is 3.47. The molecule has 146 valence electrons. The Labute approximate surface area is 164 Å². The van der Waals surface area contributed by atoms with Crippen LogP contribution in [0.4, 0.5) is 4.39 Å². The van der Waals surface area contributed by atoms with Gasteiger partial charge in [-0.15, -0.1) is 0 Å². The molecule has 0 bridgehead atoms. The topological polar surface area (TPSA) is 95.9 Å². The maximum atomic E-state index is 13.1. The average molecular weight is 393 g/mol. The van der Waals surface area contributed by atoms with Gasteiger partial charge in [-0.25, -0.2) is 9.07 Å². The highest BCUT2D eigenvalue weighted by molar-refractivity contribution is 5.75. The van der Waals surface area contributed by atoms with Crippen LogP contribution in [0.1, 0.15) is 35.7 Å². The Morgan fingerprint density at radius 2 is 2.07 bits per heavy atom. The summed E-state index contributed by atoms with van der Waals surface area (Å²) in [5, 5.41) is 8.65. The Balaban J connectivity index is 1.32. The van der Waals surface area contributed by atoms with Crippen LogP contribution >= 0.6 is 0 Å². The summed E-state index contributed by atoms with van der Waals surface area (Å²) in [5.41, 5.74) is 1.18. The van der Waals surface area contributed by atoms with Crippen LogP contribution in [0.3, 0.4) is 0 Å². The molecule has 0 radical (unpaired) electrons. The summed E-state index contributed by atoms with van der Waals surface area (Å²) in [4.78, 5) is 21.1. The molecule has 1 fully saturated rings. The number of benzene rings is 1. The number of hydrogen-bond donors (Lipinski definition) is 0. The van der Waals surface area contributed by atoms with Crippen molar-refractivity contribution in [2.45, 2.75) is 25.0 Å². The maximum absolute atomic E-state index is 13.1. The first-order valence-electron chi connectivity index (χ1n) is 9.18. The average Bonchev–Trinajstić information content (AvgIpc) is 3.41. The van der Waals surface area contributed by atoms with Crippen molar-refractivity contribution in [2.24, 2.45) is 0 Å². The molecule has 1 saturated heterocycles. The molecule has 0 N–H and O–H groups in total. The van der Waals surface area contributed by atoms with E-state index < -0.39 is 0 Å². The number of pyridine rings is 1. The van der Waals surface area contributed by atoms with E-state index in [4.69, 9.17) is 9.26 Å². The van der Waals surface area contributed by atoms with Gasteiger partial charge in [-0.2, -0.15) is 10.1 Å². The maximum Gasteiger partial charge on any atom is 0.276 e. The van der Waals surface area contributed by atoms with Crippen molar-refractivity contribution in [1.82, 2.24) is 24.9 Å². The second-order valence-corrected chi connectivity index (χ2v) is 6.90. The molecule has 9 heteroatoms. The fourth-order valence-corrected chi connectivity index (χ4v) is 3.47. The first-order valence-corrected chi connectivity index (χ1v) is 9.18. The van der Waals surface area contributed by atoms with Gasteiger partial charge in [0.1, 0.15) is 12.4 Å². The predicted molar refractivity (Wildman–Crippen MR) is 99.6 cm³/mol. The first kappa shape index (κ1) is 17.6. The Bertz CT molecular complexity index is 1220. The van der Waals surface area contributed by atoms with E-state index >= 15 is 0 Å². The van der Waals surface area contributed by atoms with Gasteiger partial charge >= 0.3 is 0 Å². The highest BCUT2D eigenvalue weighted by Crippen LogP contribution is 2.37. The van der Waals surface area contributed by atoms with Crippen LogP contribution in [-0.4, -0.2) is 31.5 Å². The van der Waals surface area contributed by atoms with Crippen LogP contribution in [0.15, 0.2) is 58.1 Å². The Morgan fingerprint density at radius 3 is 2.93 bits per heavy atom. The number of ether oxygens (including phenoxy) is 1. The van der Waals surface area contributed by atoms with E-state index in [-0.39, 0.29) is 29.9 Å². The van der Waals surface area contributed by atoms with Gasteiger partial charge in [-0.1, -0.05) is 17.3 Å². The Morgan fingerprint density at radius 1 is 1.21 bits per heavy atom. The lowest BCUT2D eigenvalue weighted by molar-refractivity contribution is 0.110. The van der Waals surface area contributed by atoms with Crippen LogP contribution in [0, 0.1) is 5.82 Å².